The van der Waals surface area contributed by atoms with Crippen LogP contribution in [0.2, 0.25) is 0 Å². The van der Waals surface area contributed by atoms with Crippen molar-refractivity contribution >= 4 is 17.9 Å². The van der Waals surface area contributed by atoms with Crippen molar-refractivity contribution in [3.8, 4) is 0 Å². The highest BCUT2D eigenvalue weighted by atomic mass is 16.5. The maximum absolute atomic E-state index is 12.3. The molecule has 3 amide bonds. The predicted molar refractivity (Wildman–Crippen MR) is 74.9 cm³/mol. The number of carbonyl (C=O) groups excluding carboxylic acids is 2. The standard InChI is InChI=1S/C13H23N3O5/c1-4-13(3,11(18)19)15-12(20)16-6-7-21-8-9(16)10(17)14-5-2/h9H,4-8H2,1-3H3,(H,14,17)(H,15,20)(H,18,19). The smallest absolute Gasteiger partial charge is 0.329 e. The van der Waals surface area contributed by atoms with E-state index < -0.39 is 23.6 Å². The minimum absolute atomic E-state index is 0.106. The van der Waals surface area contributed by atoms with E-state index >= 15 is 0 Å². The van der Waals surface area contributed by atoms with Gasteiger partial charge in [-0.3, -0.25) is 4.79 Å². The van der Waals surface area contributed by atoms with E-state index in [9.17, 15) is 19.5 Å². The van der Waals surface area contributed by atoms with Gasteiger partial charge in [-0.25, -0.2) is 9.59 Å². The van der Waals surface area contributed by atoms with Crippen molar-refractivity contribution in [3.05, 3.63) is 0 Å². The van der Waals surface area contributed by atoms with Crippen LogP contribution in [-0.2, 0) is 14.3 Å². The highest BCUT2D eigenvalue weighted by molar-refractivity contribution is 5.90. The van der Waals surface area contributed by atoms with E-state index in [0.717, 1.165) is 0 Å². The lowest BCUT2D eigenvalue weighted by Gasteiger charge is -2.36. The normalized spacial score (nSPS) is 21.3. The van der Waals surface area contributed by atoms with Crippen LogP contribution in [0.4, 0.5) is 4.79 Å². The molecule has 2 unspecified atom stereocenters. The first-order valence-corrected chi connectivity index (χ1v) is 7.03. The van der Waals surface area contributed by atoms with Gasteiger partial charge >= 0.3 is 12.0 Å². The minimum atomic E-state index is -1.36. The summed E-state index contributed by atoms with van der Waals surface area (Å²) in [6.45, 7) is 6.02. The fraction of sp³-hybridized carbons (Fsp3) is 0.769. The van der Waals surface area contributed by atoms with Gasteiger partial charge in [0.05, 0.1) is 13.2 Å². The van der Waals surface area contributed by atoms with Crippen molar-refractivity contribution in [2.24, 2.45) is 0 Å². The Morgan fingerprint density at radius 2 is 2.05 bits per heavy atom. The van der Waals surface area contributed by atoms with Crippen LogP contribution >= 0.6 is 0 Å². The van der Waals surface area contributed by atoms with Crippen LogP contribution in [0.25, 0.3) is 0 Å². The number of ether oxygens (including phenoxy) is 1. The molecule has 3 N–H and O–H groups in total. The number of likely N-dealkylation sites (N-methyl/N-ethyl adjacent to an activating group) is 1. The Hall–Kier alpha value is -1.83. The highest BCUT2D eigenvalue weighted by Crippen LogP contribution is 2.13. The molecule has 0 saturated carbocycles. The maximum Gasteiger partial charge on any atom is 0.329 e. The second-order valence-corrected chi connectivity index (χ2v) is 5.10. The van der Waals surface area contributed by atoms with Gasteiger partial charge in [-0.05, 0) is 20.3 Å². The molecule has 1 saturated heterocycles. The third-order valence-corrected chi connectivity index (χ3v) is 3.60. The molecule has 8 heteroatoms. The van der Waals surface area contributed by atoms with E-state index in [1.165, 1.54) is 11.8 Å². The first-order valence-electron chi connectivity index (χ1n) is 7.03. The van der Waals surface area contributed by atoms with Gasteiger partial charge in [0.15, 0.2) is 0 Å². The van der Waals surface area contributed by atoms with E-state index in [1.54, 1.807) is 13.8 Å². The first-order chi connectivity index (χ1) is 9.85. The molecular weight excluding hydrogens is 278 g/mol. The van der Waals surface area contributed by atoms with Crippen molar-refractivity contribution in [2.75, 3.05) is 26.3 Å². The molecule has 1 heterocycles. The molecule has 0 bridgehead atoms. The van der Waals surface area contributed by atoms with E-state index in [4.69, 9.17) is 4.74 Å². The molecule has 0 radical (unpaired) electrons. The number of hydrogen-bond donors (Lipinski definition) is 3. The Kier molecular flexibility index (Phi) is 5.95. The van der Waals surface area contributed by atoms with E-state index in [-0.39, 0.29) is 25.5 Å². The van der Waals surface area contributed by atoms with Gasteiger partial charge in [0, 0.05) is 13.1 Å². The SMILES string of the molecule is CCNC(=O)C1COCCN1C(=O)NC(C)(CC)C(=O)O. The predicted octanol–water partition coefficient (Wildman–Crippen LogP) is -0.214. The number of amides is 3. The Labute approximate surface area is 123 Å². The van der Waals surface area contributed by atoms with E-state index in [0.29, 0.717) is 13.2 Å². The van der Waals surface area contributed by atoms with E-state index in [2.05, 4.69) is 10.6 Å². The molecule has 1 rings (SSSR count). The maximum atomic E-state index is 12.3. The largest absolute Gasteiger partial charge is 0.480 e. The molecular formula is C13H23N3O5. The lowest BCUT2D eigenvalue weighted by atomic mass is 9.99. The van der Waals surface area contributed by atoms with Crippen molar-refractivity contribution in [1.82, 2.24) is 15.5 Å². The van der Waals surface area contributed by atoms with Crippen molar-refractivity contribution in [1.29, 1.82) is 0 Å². The van der Waals surface area contributed by atoms with Gasteiger partial charge in [0.2, 0.25) is 5.91 Å². The highest BCUT2D eigenvalue weighted by Gasteiger charge is 2.38. The monoisotopic (exact) mass is 301 g/mol. The van der Waals surface area contributed by atoms with Gasteiger partial charge in [-0.1, -0.05) is 6.92 Å². The number of morpholine rings is 1. The number of rotatable bonds is 5. The quantitative estimate of drug-likeness (QED) is 0.651. The first kappa shape index (κ1) is 17.2. The molecule has 0 aromatic heterocycles. The topological polar surface area (TPSA) is 108 Å². The molecule has 0 aliphatic carbocycles. The Bertz CT molecular complexity index is 415. The number of carboxylic acid groups (broad SMARTS) is 1. The molecule has 2 atom stereocenters. The molecule has 8 nitrogen and oxygen atoms in total. The lowest BCUT2D eigenvalue weighted by Crippen LogP contribution is -2.62. The van der Waals surface area contributed by atoms with Crippen molar-refractivity contribution in [2.45, 2.75) is 38.8 Å². The molecule has 21 heavy (non-hydrogen) atoms. The van der Waals surface area contributed by atoms with Crippen LogP contribution in [-0.4, -0.2) is 65.8 Å². The lowest BCUT2D eigenvalue weighted by molar-refractivity contribution is -0.144. The zero-order chi connectivity index (χ0) is 16.0. The van der Waals surface area contributed by atoms with Crippen LogP contribution in [0.5, 0.6) is 0 Å². The number of nitrogens with one attached hydrogen (secondary N) is 2. The fourth-order valence-electron chi connectivity index (χ4n) is 1.96. The van der Waals surface area contributed by atoms with Gasteiger partial charge in [0.1, 0.15) is 11.6 Å². The van der Waals surface area contributed by atoms with Crippen molar-refractivity contribution in [3.63, 3.8) is 0 Å². The second kappa shape index (κ2) is 7.26. The summed E-state index contributed by atoms with van der Waals surface area (Å²) in [5.41, 5.74) is -1.36. The number of aliphatic carboxylic acids is 1. The van der Waals surface area contributed by atoms with Crippen molar-refractivity contribution < 1.29 is 24.2 Å². The Morgan fingerprint density at radius 1 is 1.38 bits per heavy atom. The summed E-state index contributed by atoms with van der Waals surface area (Å²) in [4.78, 5) is 36.8. The average Bonchev–Trinajstić information content (AvgIpc) is 2.47. The zero-order valence-electron chi connectivity index (χ0n) is 12.6. The number of carbonyl (C=O) groups is 3. The summed E-state index contributed by atoms with van der Waals surface area (Å²) < 4.78 is 5.24. The number of nitrogens with zero attached hydrogens (tertiary/aromatic N) is 1. The van der Waals surface area contributed by atoms with Crippen LogP contribution in [0.15, 0.2) is 0 Å². The molecule has 1 aliphatic heterocycles. The average molecular weight is 301 g/mol. The fourth-order valence-corrected chi connectivity index (χ4v) is 1.96. The molecule has 120 valence electrons. The van der Waals surface area contributed by atoms with Crippen LogP contribution < -0.4 is 10.6 Å². The van der Waals surface area contributed by atoms with Crippen LogP contribution in [0.3, 0.4) is 0 Å². The van der Waals surface area contributed by atoms with Crippen LogP contribution in [0, 0.1) is 0 Å². The number of urea groups is 1. The third-order valence-electron chi connectivity index (χ3n) is 3.60. The molecule has 0 aromatic carbocycles. The van der Waals surface area contributed by atoms with Gasteiger partial charge in [-0.15, -0.1) is 0 Å². The summed E-state index contributed by atoms with van der Waals surface area (Å²) in [5.74, 6) is -1.41. The van der Waals surface area contributed by atoms with Gasteiger partial charge < -0.3 is 25.4 Å². The summed E-state index contributed by atoms with van der Waals surface area (Å²) in [6.07, 6.45) is 0.240. The van der Waals surface area contributed by atoms with Gasteiger partial charge in [0.25, 0.3) is 0 Å². The second-order valence-electron chi connectivity index (χ2n) is 5.10. The molecule has 0 aromatic rings. The summed E-state index contributed by atoms with van der Waals surface area (Å²) >= 11 is 0. The minimum Gasteiger partial charge on any atom is -0.480 e. The van der Waals surface area contributed by atoms with Gasteiger partial charge in [-0.2, -0.15) is 0 Å². The zero-order valence-corrected chi connectivity index (χ0v) is 12.6. The summed E-state index contributed by atoms with van der Waals surface area (Å²) in [6, 6.07) is -1.31. The van der Waals surface area contributed by atoms with E-state index in [1.807, 2.05) is 0 Å². The van der Waals surface area contributed by atoms with Crippen LogP contribution in [0.1, 0.15) is 27.2 Å². The molecule has 1 aliphatic rings. The summed E-state index contributed by atoms with van der Waals surface area (Å²) in [7, 11) is 0. The summed E-state index contributed by atoms with van der Waals surface area (Å²) in [5, 5.41) is 14.3. The molecule has 1 fully saturated rings. The molecule has 0 spiro atoms. The Balaban J connectivity index is 2.82. The number of carboxylic acids is 1. The Morgan fingerprint density at radius 3 is 2.57 bits per heavy atom. The third kappa shape index (κ3) is 4.07. The number of hydrogen-bond acceptors (Lipinski definition) is 4.